The summed E-state index contributed by atoms with van der Waals surface area (Å²) in [4.78, 5) is 0. The Balaban J connectivity index is 1.90. The Hall–Kier alpha value is -0.200. The highest BCUT2D eigenvalue weighted by Crippen LogP contribution is 2.23. The maximum absolute atomic E-state index is 8.87. The van der Waals surface area contributed by atoms with Crippen molar-refractivity contribution in [3.8, 4) is 6.07 Å². The van der Waals surface area contributed by atoms with Crippen LogP contribution in [0.2, 0.25) is 0 Å². The number of hydrogen-bond acceptors (Lipinski definition) is 3. The lowest BCUT2D eigenvalue weighted by Gasteiger charge is -2.15. The van der Waals surface area contributed by atoms with E-state index in [0.29, 0.717) is 0 Å². The van der Waals surface area contributed by atoms with Crippen molar-refractivity contribution in [2.24, 2.45) is 11.3 Å². The molecule has 1 saturated heterocycles. The summed E-state index contributed by atoms with van der Waals surface area (Å²) < 4.78 is 0. The summed E-state index contributed by atoms with van der Waals surface area (Å²) in [6.07, 6.45) is 4.77. The van der Waals surface area contributed by atoms with E-state index >= 15 is 0 Å². The molecule has 1 fully saturated rings. The third kappa shape index (κ3) is 5.77. The van der Waals surface area contributed by atoms with Crippen molar-refractivity contribution >= 4 is 11.8 Å². The molecule has 16 heavy (non-hydrogen) atoms. The van der Waals surface area contributed by atoms with Crippen LogP contribution in [-0.2, 0) is 0 Å². The minimum atomic E-state index is -0.137. The van der Waals surface area contributed by atoms with E-state index in [1.807, 2.05) is 13.8 Å². The first kappa shape index (κ1) is 13.9. The van der Waals surface area contributed by atoms with Crippen LogP contribution in [0.25, 0.3) is 0 Å². The number of nitrogens with one attached hydrogen (secondary N) is 1. The van der Waals surface area contributed by atoms with Gasteiger partial charge in [-0.2, -0.15) is 17.0 Å². The van der Waals surface area contributed by atoms with Gasteiger partial charge < -0.3 is 5.32 Å². The summed E-state index contributed by atoms with van der Waals surface area (Å²) in [6, 6.07) is 2.35. The number of hydrogen-bond donors (Lipinski definition) is 1. The fourth-order valence-electron chi connectivity index (χ4n) is 1.92. The summed E-state index contributed by atoms with van der Waals surface area (Å²) in [5.74, 6) is 3.59. The number of rotatable bonds is 7. The molecule has 1 unspecified atom stereocenters. The van der Waals surface area contributed by atoms with Gasteiger partial charge in [-0.3, -0.25) is 0 Å². The lowest BCUT2D eigenvalue weighted by Crippen LogP contribution is -2.23. The maximum Gasteiger partial charge on any atom is 0.0683 e. The van der Waals surface area contributed by atoms with Gasteiger partial charge >= 0.3 is 0 Å². The lowest BCUT2D eigenvalue weighted by molar-refractivity contribution is 0.418. The second-order valence-electron chi connectivity index (χ2n) is 5.39. The smallest absolute Gasteiger partial charge is 0.0683 e. The Kier molecular flexibility index (Phi) is 6.23. The van der Waals surface area contributed by atoms with E-state index in [0.717, 1.165) is 25.3 Å². The normalized spacial score (nSPS) is 20.9. The number of unbranched alkanes of at least 4 members (excludes halogenated alkanes) is 1. The first-order valence-corrected chi connectivity index (χ1v) is 7.49. The van der Waals surface area contributed by atoms with E-state index in [1.54, 1.807) is 0 Å². The molecule has 1 aliphatic rings. The number of nitriles is 1. The zero-order valence-corrected chi connectivity index (χ0v) is 11.4. The molecule has 0 aliphatic carbocycles. The van der Waals surface area contributed by atoms with E-state index in [9.17, 15) is 0 Å². The Morgan fingerprint density at radius 1 is 1.44 bits per heavy atom. The van der Waals surface area contributed by atoms with Crippen LogP contribution in [0.3, 0.4) is 0 Å². The first-order chi connectivity index (χ1) is 7.64. The summed E-state index contributed by atoms with van der Waals surface area (Å²) in [6.45, 7) is 6.35. The van der Waals surface area contributed by atoms with Crippen LogP contribution < -0.4 is 5.32 Å². The average Bonchev–Trinajstić information content (AvgIpc) is 2.76. The molecule has 1 atom stereocenters. The van der Waals surface area contributed by atoms with Crippen molar-refractivity contribution < 1.29 is 0 Å². The highest BCUT2D eigenvalue weighted by Gasteiger charge is 2.16. The van der Waals surface area contributed by atoms with Gasteiger partial charge in [0.25, 0.3) is 0 Å². The fraction of sp³-hybridized carbons (Fsp3) is 0.923. The van der Waals surface area contributed by atoms with E-state index in [-0.39, 0.29) is 5.41 Å². The molecule has 2 nitrogen and oxygen atoms in total. The van der Waals surface area contributed by atoms with Gasteiger partial charge in [0.15, 0.2) is 0 Å². The highest BCUT2D eigenvalue weighted by molar-refractivity contribution is 7.99. The van der Waals surface area contributed by atoms with Crippen LogP contribution in [0.5, 0.6) is 0 Å². The van der Waals surface area contributed by atoms with Crippen LogP contribution in [0, 0.1) is 22.7 Å². The standard InChI is InChI=1S/C13H24N2S/c1-13(2,11-14)6-3-4-7-15-9-12-5-8-16-10-12/h12,15H,3-10H2,1-2H3. The predicted molar refractivity (Wildman–Crippen MR) is 71.5 cm³/mol. The Bertz CT molecular complexity index is 227. The SMILES string of the molecule is CC(C)(C#N)CCCCNCC1CCSC1. The highest BCUT2D eigenvalue weighted by atomic mass is 32.2. The zero-order valence-electron chi connectivity index (χ0n) is 10.6. The van der Waals surface area contributed by atoms with Gasteiger partial charge in [0, 0.05) is 0 Å². The molecule has 0 radical (unpaired) electrons. The zero-order chi connectivity index (χ0) is 11.9. The van der Waals surface area contributed by atoms with Gasteiger partial charge in [-0.1, -0.05) is 6.42 Å². The third-order valence-corrected chi connectivity index (χ3v) is 4.40. The quantitative estimate of drug-likeness (QED) is 0.695. The third-order valence-electron chi connectivity index (χ3n) is 3.16. The van der Waals surface area contributed by atoms with Gasteiger partial charge in [-0.25, -0.2) is 0 Å². The molecule has 1 N–H and O–H groups in total. The largest absolute Gasteiger partial charge is 0.316 e. The first-order valence-electron chi connectivity index (χ1n) is 6.34. The monoisotopic (exact) mass is 240 g/mol. The molecule has 0 aromatic rings. The van der Waals surface area contributed by atoms with Crippen molar-refractivity contribution in [1.29, 1.82) is 5.26 Å². The summed E-state index contributed by atoms with van der Waals surface area (Å²) in [5.41, 5.74) is -0.137. The molecule has 0 spiro atoms. The summed E-state index contributed by atoms with van der Waals surface area (Å²) in [5, 5.41) is 12.4. The Morgan fingerprint density at radius 2 is 2.25 bits per heavy atom. The minimum absolute atomic E-state index is 0.137. The molecule has 0 saturated carbocycles. The Morgan fingerprint density at radius 3 is 2.88 bits per heavy atom. The summed E-state index contributed by atoms with van der Waals surface area (Å²) >= 11 is 2.08. The molecular formula is C13H24N2S. The average molecular weight is 240 g/mol. The van der Waals surface area contributed by atoms with Crippen molar-refractivity contribution in [2.75, 3.05) is 24.6 Å². The molecular weight excluding hydrogens is 216 g/mol. The molecule has 1 heterocycles. The molecule has 0 bridgehead atoms. The predicted octanol–water partition coefficient (Wildman–Crippen LogP) is 3.05. The molecule has 0 amide bonds. The van der Waals surface area contributed by atoms with E-state index in [2.05, 4.69) is 23.1 Å². The van der Waals surface area contributed by atoms with E-state index in [1.165, 1.54) is 30.9 Å². The van der Waals surface area contributed by atoms with Gasteiger partial charge in [0.2, 0.25) is 0 Å². The topological polar surface area (TPSA) is 35.8 Å². The van der Waals surface area contributed by atoms with Crippen LogP contribution in [0.4, 0.5) is 0 Å². The molecule has 92 valence electrons. The molecule has 1 aliphatic heterocycles. The number of nitrogens with zero attached hydrogens (tertiary/aromatic N) is 1. The van der Waals surface area contributed by atoms with Crippen LogP contribution >= 0.6 is 11.8 Å². The molecule has 1 rings (SSSR count). The van der Waals surface area contributed by atoms with E-state index in [4.69, 9.17) is 5.26 Å². The fourth-order valence-corrected chi connectivity index (χ4v) is 3.21. The second kappa shape index (κ2) is 7.19. The van der Waals surface area contributed by atoms with Gasteiger partial charge in [0.1, 0.15) is 0 Å². The van der Waals surface area contributed by atoms with Gasteiger partial charge in [-0.15, -0.1) is 0 Å². The van der Waals surface area contributed by atoms with Crippen molar-refractivity contribution in [3.63, 3.8) is 0 Å². The number of thioether (sulfide) groups is 1. The molecule has 0 aromatic heterocycles. The second-order valence-corrected chi connectivity index (χ2v) is 6.54. The van der Waals surface area contributed by atoms with Crippen LogP contribution in [-0.4, -0.2) is 24.6 Å². The summed E-state index contributed by atoms with van der Waals surface area (Å²) in [7, 11) is 0. The van der Waals surface area contributed by atoms with Crippen LogP contribution in [0.1, 0.15) is 39.5 Å². The van der Waals surface area contributed by atoms with E-state index < -0.39 is 0 Å². The minimum Gasteiger partial charge on any atom is -0.316 e. The van der Waals surface area contributed by atoms with Crippen molar-refractivity contribution in [2.45, 2.75) is 39.5 Å². The molecule has 0 aromatic carbocycles. The lowest BCUT2D eigenvalue weighted by atomic mass is 9.89. The van der Waals surface area contributed by atoms with Gasteiger partial charge in [-0.05, 0) is 63.6 Å². The van der Waals surface area contributed by atoms with Crippen LogP contribution in [0.15, 0.2) is 0 Å². The maximum atomic E-state index is 8.87. The molecule has 3 heteroatoms. The van der Waals surface area contributed by atoms with Crippen molar-refractivity contribution in [3.05, 3.63) is 0 Å². The Labute approximate surface area is 104 Å². The van der Waals surface area contributed by atoms with Gasteiger partial charge in [0.05, 0.1) is 11.5 Å². The van der Waals surface area contributed by atoms with Crippen molar-refractivity contribution in [1.82, 2.24) is 5.32 Å².